The van der Waals surface area contributed by atoms with Gasteiger partial charge in [0.2, 0.25) is 0 Å². The van der Waals surface area contributed by atoms with Crippen LogP contribution in [0.2, 0.25) is 0 Å². The summed E-state index contributed by atoms with van der Waals surface area (Å²) in [5.41, 5.74) is 0. The molecule has 0 bridgehead atoms. The molecule has 1 heterocycles. The van der Waals surface area contributed by atoms with E-state index in [1.807, 2.05) is 0 Å². The molecule has 0 N–H and O–H groups in total. The highest BCUT2D eigenvalue weighted by atomic mass is 16.5. The van der Waals surface area contributed by atoms with Gasteiger partial charge in [-0.25, -0.2) is 5.32 Å². The van der Waals surface area contributed by atoms with Gasteiger partial charge in [0, 0.05) is 26.2 Å². The van der Waals surface area contributed by atoms with Gasteiger partial charge in [-0.15, -0.1) is 0 Å². The van der Waals surface area contributed by atoms with Crippen molar-refractivity contribution in [2.45, 2.75) is 12.5 Å². The minimum absolute atomic E-state index is 0.435. The van der Waals surface area contributed by atoms with Crippen LogP contribution in [-0.2, 0) is 4.74 Å². The van der Waals surface area contributed by atoms with Crippen molar-refractivity contribution in [2.24, 2.45) is 0 Å². The lowest BCUT2D eigenvalue weighted by Crippen LogP contribution is -2.27. The lowest BCUT2D eigenvalue weighted by Gasteiger charge is -2.12. The number of hydrogen-bond donors (Lipinski definition) is 0. The van der Waals surface area contributed by atoms with Crippen LogP contribution in [0, 0.1) is 0 Å². The Morgan fingerprint density at radius 1 is 1.55 bits per heavy atom. The molecule has 0 spiro atoms. The van der Waals surface area contributed by atoms with Gasteiger partial charge in [0.25, 0.3) is 0 Å². The van der Waals surface area contributed by atoms with Gasteiger partial charge in [0.15, 0.2) is 0 Å². The standard InChI is InChI=1S/C8H17N2O/c1-10-5-3-8(7-11-2)9-4-6-10/h8H,3-7H2,1-2H3. The van der Waals surface area contributed by atoms with Crippen molar-refractivity contribution in [3.05, 3.63) is 0 Å². The van der Waals surface area contributed by atoms with E-state index < -0.39 is 0 Å². The zero-order valence-electron chi connectivity index (χ0n) is 7.42. The van der Waals surface area contributed by atoms with Gasteiger partial charge in [-0.3, -0.25) is 0 Å². The molecule has 11 heavy (non-hydrogen) atoms. The van der Waals surface area contributed by atoms with Crippen LogP contribution in [0.1, 0.15) is 6.42 Å². The maximum atomic E-state index is 5.06. The minimum atomic E-state index is 0.435. The average molecular weight is 157 g/mol. The quantitative estimate of drug-likeness (QED) is 0.561. The van der Waals surface area contributed by atoms with E-state index in [1.54, 1.807) is 7.11 Å². The van der Waals surface area contributed by atoms with Crippen molar-refractivity contribution in [1.29, 1.82) is 0 Å². The van der Waals surface area contributed by atoms with Crippen LogP contribution < -0.4 is 5.32 Å². The Labute approximate surface area is 68.7 Å². The molecule has 1 aliphatic heterocycles. The molecule has 0 aliphatic carbocycles. The van der Waals surface area contributed by atoms with Crippen LogP contribution in [0.25, 0.3) is 0 Å². The molecule has 0 saturated carbocycles. The monoisotopic (exact) mass is 157 g/mol. The molecule has 1 fully saturated rings. The Hall–Kier alpha value is -0.120. The lowest BCUT2D eigenvalue weighted by molar-refractivity contribution is 0.163. The zero-order chi connectivity index (χ0) is 8.10. The van der Waals surface area contributed by atoms with Crippen LogP contribution in [0.15, 0.2) is 0 Å². The lowest BCUT2D eigenvalue weighted by atomic mass is 10.2. The summed E-state index contributed by atoms with van der Waals surface area (Å²) in [4.78, 5) is 2.32. The number of hydrogen-bond acceptors (Lipinski definition) is 2. The predicted octanol–water partition coefficient (Wildman–Crippen LogP) is -0.0587. The van der Waals surface area contributed by atoms with Gasteiger partial charge in [-0.1, -0.05) is 0 Å². The molecule has 0 aromatic heterocycles. The third-order valence-corrected chi connectivity index (χ3v) is 2.07. The smallest absolute Gasteiger partial charge is 0.0632 e. The molecular weight excluding hydrogens is 140 g/mol. The first kappa shape index (κ1) is 8.97. The SMILES string of the molecule is COCC1CCN(C)CC[N]1. The van der Waals surface area contributed by atoms with Gasteiger partial charge >= 0.3 is 0 Å². The highest BCUT2D eigenvalue weighted by Crippen LogP contribution is 2.00. The van der Waals surface area contributed by atoms with Gasteiger partial charge < -0.3 is 9.64 Å². The molecule has 65 valence electrons. The molecule has 3 heteroatoms. The van der Waals surface area contributed by atoms with Crippen LogP contribution in [0.3, 0.4) is 0 Å². The second-order valence-corrected chi connectivity index (χ2v) is 3.11. The first-order valence-electron chi connectivity index (χ1n) is 4.17. The van der Waals surface area contributed by atoms with Gasteiger partial charge in [-0.2, -0.15) is 0 Å². The summed E-state index contributed by atoms with van der Waals surface area (Å²) in [5, 5.41) is 4.50. The van der Waals surface area contributed by atoms with Crippen LogP contribution in [0.5, 0.6) is 0 Å². The Morgan fingerprint density at radius 2 is 2.36 bits per heavy atom. The van der Waals surface area contributed by atoms with E-state index in [1.165, 1.54) is 0 Å². The summed E-state index contributed by atoms with van der Waals surface area (Å²) in [6, 6.07) is 0.435. The molecule has 1 atom stereocenters. The minimum Gasteiger partial charge on any atom is -0.383 e. The maximum absolute atomic E-state index is 5.06. The Balaban J connectivity index is 2.22. The Kier molecular flexibility index (Phi) is 3.83. The molecule has 0 aromatic rings. The fourth-order valence-electron chi connectivity index (χ4n) is 1.31. The van der Waals surface area contributed by atoms with Crippen molar-refractivity contribution in [3.63, 3.8) is 0 Å². The first-order valence-corrected chi connectivity index (χ1v) is 4.17. The third-order valence-electron chi connectivity index (χ3n) is 2.07. The van der Waals surface area contributed by atoms with Crippen LogP contribution in [0.4, 0.5) is 0 Å². The number of rotatable bonds is 2. The zero-order valence-corrected chi connectivity index (χ0v) is 7.42. The molecule has 0 amide bonds. The average Bonchev–Trinajstić information content (AvgIpc) is 2.17. The van der Waals surface area contributed by atoms with E-state index in [0.29, 0.717) is 6.04 Å². The topological polar surface area (TPSA) is 26.6 Å². The summed E-state index contributed by atoms with van der Waals surface area (Å²) in [6.45, 7) is 4.00. The highest BCUT2D eigenvalue weighted by Gasteiger charge is 2.14. The Bertz CT molecular complexity index is 108. The maximum Gasteiger partial charge on any atom is 0.0632 e. The van der Waals surface area contributed by atoms with Crippen molar-refractivity contribution in [3.8, 4) is 0 Å². The molecule has 3 nitrogen and oxygen atoms in total. The normalized spacial score (nSPS) is 28.4. The molecule has 1 unspecified atom stereocenters. The molecule has 0 aromatic carbocycles. The number of methoxy groups -OCH3 is 1. The van der Waals surface area contributed by atoms with E-state index in [2.05, 4.69) is 17.3 Å². The predicted molar refractivity (Wildman–Crippen MR) is 44.8 cm³/mol. The van der Waals surface area contributed by atoms with E-state index in [9.17, 15) is 0 Å². The second-order valence-electron chi connectivity index (χ2n) is 3.11. The van der Waals surface area contributed by atoms with Gasteiger partial charge in [-0.05, 0) is 20.0 Å². The molecule has 1 rings (SSSR count). The van der Waals surface area contributed by atoms with Crippen molar-refractivity contribution < 1.29 is 4.74 Å². The molecule has 1 saturated heterocycles. The molecule has 1 radical (unpaired) electrons. The first-order chi connectivity index (χ1) is 5.33. The molecule has 1 aliphatic rings. The largest absolute Gasteiger partial charge is 0.383 e. The number of nitrogens with zero attached hydrogens (tertiary/aromatic N) is 2. The fraction of sp³-hybridized carbons (Fsp3) is 1.00. The number of likely N-dealkylation sites (N-methyl/N-ethyl adjacent to an activating group) is 1. The summed E-state index contributed by atoms with van der Waals surface area (Å²) in [6.07, 6.45) is 1.14. The Morgan fingerprint density at radius 3 is 3.09 bits per heavy atom. The van der Waals surface area contributed by atoms with E-state index >= 15 is 0 Å². The fourth-order valence-corrected chi connectivity index (χ4v) is 1.31. The summed E-state index contributed by atoms with van der Waals surface area (Å²) in [7, 11) is 3.88. The van der Waals surface area contributed by atoms with Gasteiger partial charge in [0.05, 0.1) is 6.61 Å². The van der Waals surface area contributed by atoms with Crippen molar-refractivity contribution in [1.82, 2.24) is 10.2 Å². The van der Waals surface area contributed by atoms with Gasteiger partial charge in [0.1, 0.15) is 0 Å². The third kappa shape index (κ3) is 3.18. The summed E-state index contributed by atoms with van der Waals surface area (Å²) < 4.78 is 5.06. The van der Waals surface area contributed by atoms with Crippen molar-refractivity contribution >= 4 is 0 Å². The van der Waals surface area contributed by atoms with E-state index in [4.69, 9.17) is 4.74 Å². The number of ether oxygens (including phenoxy) is 1. The summed E-state index contributed by atoms with van der Waals surface area (Å²) >= 11 is 0. The van der Waals surface area contributed by atoms with Crippen LogP contribution >= 0.6 is 0 Å². The van der Waals surface area contributed by atoms with E-state index in [-0.39, 0.29) is 0 Å². The summed E-state index contributed by atoms with van der Waals surface area (Å²) in [5.74, 6) is 0. The highest BCUT2D eigenvalue weighted by molar-refractivity contribution is 4.72. The van der Waals surface area contributed by atoms with Crippen molar-refractivity contribution in [2.75, 3.05) is 40.4 Å². The molecular formula is C8H17N2O. The van der Waals surface area contributed by atoms with E-state index in [0.717, 1.165) is 32.7 Å². The van der Waals surface area contributed by atoms with Crippen LogP contribution in [-0.4, -0.2) is 51.3 Å². The second kappa shape index (κ2) is 4.70.